The van der Waals surface area contributed by atoms with Gasteiger partial charge in [0, 0.05) is 32.4 Å². The van der Waals surface area contributed by atoms with Crippen LogP contribution in [0.5, 0.6) is 0 Å². The largest absolute Gasteiger partial charge is 0.382 e. The summed E-state index contributed by atoms with van der Waals surface area (Å²) in [4.78, 5) is 10.3. The van der Waals surface area contributed by atoms with Gasteiger partial charge in [0.1, 0.15) is 0 Å². The molecule has 20 heavy (non-hydrogen) atoms. The second kappa shape index (κ2) is 10.3. The highest BCUT2D eigenvalue weighted by Crippen LogP contribution is 2.12. The van der Waals surface area contributed by atoms with Gasteiger partial charge in [0.05, 0.1) is 18.1 Å². The van der Waals surface area contributed by atoms with Gasteiger partial charge in [-0.05, 0) is 24.9 Å². The summed E-state index contributed by atoms with van der Waals surface area (Å²) in [7, 11) is 1.65. The van der Waals surface area contributed by atoms with Crippen molar-refractivity contribution in [3.63, 3.8) is 0 Å². The van der Waals surface area contributed by atoms with Gasteiger partial charge in [0.2, 0.25) is 0 Å². The summed E-state index contributed by atoms with van der Waals surface area (Å²) in [6.45, 7) is 3.52. The lowest BCUT2D eigenvalue weighted by Gasteiger charge is -2.06. The first-order valence-electron chi connectivity index (χ1n) is 6.75. The minimum atomic E-state index is -0.374. The Morgan fingerprint density at radius 2 is 2.10 bits per heavy atom. The Labute approximate surface area is 119 Å². The average molecular weight is 282 g/mol. The van der Waals surface area contributed by atoms with Crippen LogP contribution in [-0.2, 0) is 16.0 Å². The minimum absolute atomic E-state index is 0.135. The Kier molecular flexibility index (Phi) is 8.53. The van der Waals surface area contributed by atoms with Crippen molar-refractivity contribution in [2.45, 2.75) is 19.4 Å². The number of rotatable bonds is 11. The minimum Gasteiger partial charge on any atom is -0.382 e. The summed E-state index contributed by atoms with van der Waals surface area (Å²) in [6, 6.07) is 6.69. The Bertz CT molecular complexity index is 399. The number of unbranched alkanes of at least 4 members (excludes halogenated alkanes) is 1. The van der Waals surface area contributed by atoms with Crippen LogP contribution in [0.2, 0.25) is 0 Å². The van der Waals surface area contributed by atoms with Crippen LogP contribution in [0.1, 0.15) is 18.4 Å². The highest BCUT2D eigenvalue weighted by atomic mass is 16.6. The van der Waals surface area contributed by atoms with Gasteiger partial charge in [-0.2, -0.15) is 0 Å². The van der Waals surface area contributed by atoms with Crippen LogP contribution in [0.4, 0.5) is 5.69 Å². The highest BCUT2D eigenvalue weighted by molar-refractivity contribution is 5.34. The van der Waals surface area contributed by atoms with Crippen molar-refractivity contribution >= 4 is 5.69 Å². The zero-order chi connectivity index (χ0) is 14.6. The van der Waals surface area contributed by atoms with Crippen molar-refractivity contribution in [3.8, 4) is 0 Å². The molecule has 0 saturated heterocycles. The number of benzene rings is 1. The molecule has 1 rings (SSSR count). The molecular formula is C14H22N2O4. The van der Waals surface area contributed by atoms with Crippen LogP contribution in [0.25, 0.3) is 0 Å². The Morgan fingerprint density at radius 3 is 2.85 bits per heavy atom. The molecule has 6 nitrogen and oxygen atoms in total. The first kappa shape index (κ1) is 16.6. The standard InChI is InChI=1S/C14H22N2O4/c1-19-9-10-20-8-3-2-7-15-12-13-5-4-6-14(11-13)16(17)18/h4-6,11,15H,2-3,7-10,12H2,1H3. The van der Waals surface area contributed by atoms with E-state index < -0.39 is 0 Å². The molecule has 0 atom stereocenters. The van der Waals surface area contributed by atoms with E-state index in [1.165, 1.54) is 6.07 Å². The number of nitro benzene ring substituents is 1. The third kappa shape index (κ3) is 7.18. The van der Waals surface area contributed by atoms with E-state index in [9.17, 15) is 10.1 Å². The van der Waals surface area contributed by atoms with E-state index in [1.807, 2.05) is 6.07 Å². The molecule has 0 radical (unpaired) electrons. The molecule has 0 saturated carbocycles. The zero-order valence-electron chi connectivity index (χ0n) is 11.8. The summed E-state index contributed by atoms with van der Waals surface area (Å²) >= 11 is 0. The van der Waals surface area contributed by atoms with Crippen molar-refractivity contribution in [2.75, 3.05) is 33.5 Å². The monoisotopic (exact) mass is 282 g/mol. The van der Waals surface area contributed by atoms with Crippen LogP contribution in [0.3, 0.4) is 0 Å². The van der Waals surface area contributed by atoms with E-state index in [-0.39, 0.29) is 10.6 Å². The van der Waals surface area contributed by atoms with Crippen molar-refractivity contribution < 1.29 is 14.4 Å². The molecule has 0 unspecified atom stereocenters. The van der Waals surface area contributed by atoms with Gasteiger partial charge >= 0.3 is 0 Å². The van der Waals surface area contributed by atoms with Crippen LogP contribution in [0.15, 0.2) is 24.3 Å². The second-order valence-electron chi connectivity index (χ2n) is 4.42. The number of hydrogen-bond donors (Lipinski definition) is 1. The Morgan fingerprint density at radius 1 is 1.25 bits per heavy atom. The number of non-ortho nitro benzene ring substituents is 1. The molecule has 0 aliphatic heterocycles. The van der Waals surface area contributed by atoms with E-state index in [1.54, 1.807) is 19.2 Å². The molecular weight excluding hydrogens is 260 g/mol. The number of methoxy groups -OCH3 is 1. The predicted molar refractivity (Wildman–Crippen MR) is 76.7 cm³/mol. The number of nitrogens with zero attached hydrogens (tertiary/aromatic N) is 1. The molecule has 0 bridgehead atoms. The van der Waals surface area contributed by atoms with Crippen molar-refractivity contribution in [1.82, 2.24) is 5.32 Å². The van der Waals surface area contributed by atoms with Crippen LogP contribution >= 0.6 is 0 Å². The fraction of sp³-hybridized carbons (Fsp3) is 0.571. The van der Waals surface area contributed by atoms with Gasteiger partial charge < -0.3 is 14.8 Å². The van der Waals surface area contributed by atoms with E-state index in [2.05, 4.69) is 5.32 Å². The summed E-state index contributed by atoms with van der Waals surface area (Å²) in [6.07, 6.45) is 2.01. The fourth-order valence-corrected chi connectivity index (χ4v) is 1.71. The van der Waals surface area contributed by atoms with Crippen molar-refractivity contribution in [3.05, 3.63) is 39.9 Å². The smallest absolute Gasteiger partial charge is 0.269 e. The van der Waals surface area contributed by atoms with Gasteiger partial charge in [0.15, 0.2) is 0 Å². The second-order valence-corrected chi connectivity index (χ2v) is 4.42. The van der Waals surface area contributed by atoms with Crippen molar-refractivity contribution in [2.24, 2.45) is 0 Å². The number of nitro groups is 1. The molecule has 0 aliphatic carbocycles. The van der Waals surface area contributed by atoms with E-state index in [4.69, 9.17) is 9.47 Å². The maximum atomic E-state index is 10.6. The molecule has 6 heteroatoms. The van der Waals surface area contributed by atoms with Gasteiger partial charge in [-0.1, -0.05) is 12.1 Å². The quantitative estimate of drug-likeness (QED) is 0.382. The molecule has 0 aromatic heterocycles. The molecule has 112 valence electrons. The first-order chi connectivity index (χ1) is 9.74. The van der Waals surface area contributed by atoms with Crippen LogP contribution < -0.4 is 5.32 Å². The summed E-state index contributed by atoms with van der Waals surface area (Å²) in [5, 5.41) is 13.9. The molecule has 0 amide bonds. The van der Waals surface area contributed by atoms with Gasteiger partial charge in [-0.3, -0.25) is 10.1 Å². The van der Waals surface area contributed by atoms with E-state index >= 15 is 0 Å². The molecule has 0 fully saturated rings. The Hall–Kier alpha value is -1.50. The summed E-state index contributed by atoms with van der Waals surface area (Å²) in [5.41, 5.74) is 1.06. The van der Waals surface area contributed by atoms with Gasteiger partial charge in [-0.15, -0.1) is 0 Å². The van der Waals surface area contributed by atoms with E-state index in [0.717, 1.165) is 31.6 Å². The number of ether oxygens (including phenoxy) is 2. The van der Waals surface area contributed by atoms with Crippen molar-refractivity contribution in [1.29, 1.82) is 0 Å². The molecule has 0 aliphatic rings. The topological polar surface area (TPSA) is 73.6 Å². The maximum absolute atomic E-state index is 10.6. The van der Waals surface area contributed by atoms with Crippen LogP contribution in [-0.4, -0.2) is 38.4 Å². The third-order valence-corrected chi connectivity index (χ3v) is 2.77. The lowest BCUT2D eigenvalue weighted by atomic mass is 10.2. The lowest BCUT2D eigenvalue weighted by Crippen LogP contribution is -2.15. The summed E-state index contributed by atoms with van der Waals surface area (Å²) in [5.74, 6) is 0. The highest BCUT2D eigenvalue weighted by Gasteiger charge is 2.04. The SMILES string of the molecule is COCCOCCCCNCc1cccc([N+](=O)[O-])c1. The van der Waals surface area contributed by atoms with E-state index in [0.29, 0.717) is 19.8 Å². The normalized spacial score (nSPS) is 10.7. The third-order valence-electron chi connectivity index (χ3n) is 2.77. The average Bonchev–Trinajstić information content (AvgIpc) is 2.46. The molecule has 1 N–H and O–H groups in total. The maximum Gasteiger partial charge on any atom is 0.269 e. The number of hydrogen-bond acceptors (Lipinski definition) is 5. The molecule has 0 heterocycles. The van der Waals surface area contributed by atoms with Gasteiger partial charge in [0.25, 0.3) is 5.69 Å². The fourth-order valence-electron chi connectivity index (χ4n) is 1.71. The predicted octanol–water partition coefficient (Wildman–Crippen LogP) is 2.13. The summed E-state index contributed by atoms with van der Waals surface area (Å²) < 4.78 is 10.2. The molecule has 0 spiro atoms. The first-order valence-corrected chi connectivity index (χ1v) is 6.75. The molecule has 1 aromatic rings. The molecule has 1 aromatic carbocycles. The lowest BCUT2D eigenvalue weighted by molar-refractivity contribution is -0.384. The van der Waals surface area contributed by atoms with Crippen LogP contribution in [0, 0.1) is 10.1 Å². The van der Waals surface area contributed by atoms with Gasteiger partial charge in [-0.25, -0.2) is 0 Å². The number of nitrogens with one attached hydrogen (secondary N) is 1. The zero-order valence-corrected chi connectivity index (χ0v) is 11.8. The Balaban J connectivity index is 2.06.